The molecule has 0 spiro atoms. The van der Waals surface area contributed by atoms with Gasteiger partial charge in [0.15, 0.2) is 0 Å². The zero-order valence-electron chi connectivity index (χ0n) is 12.0. The number of hydrogen-bond donors (Lipinski definition) is 1. The van der Waals surface area contributed by atoms with Crippen LogP contribution in [0.15, 0.2) is 0 Å². The first kappa shape index (κ1) is 14.7. The number of rotatable bonds is 4. The van der Waals surface area contributed by atoms with E-state index in [9.17, 15) is 19.5 Å². The molecule has 2 saturated heterocycles. The van der Waals surface area contributed by atoms with Crippen molar-refractivity contribution in [2.75, 3.05) is 18.8 Å². The number of carboxylic acids is 1. The molecule has 3 atom stereocenters. The van der Waals surface area contributed by atoms with Crippen LogP contribution in [0.25, 0.3) is 0 Å². The van der Waals surface area contributed by atoms with Gasteiger partial charge in [-0.25, -0.2) is 4.79 Å². The topological polar surface area (TPSA) is 77.9 Å². The molecule has 2 heterocycles. The Balaban J connectivity index is 1.77. The van der Waals surface area contributed by atoms with Gasteiger partial charge in [0.05, 0.1) is 11.3 Å². The van der Waals surface area contributed by atoms with Gasteiger partial charge in [0, 0.05) is 25.3 Å². The van der Waals surface area contributed by atoms with E-state index in [1.807, 2.05) is 6.92 Å². The lowest BCUT2D eigenvalue weighted by atomic mass is 10.1. The molecule has 1 saturated carbocycles. The molecule has 0 bridgehead atoms. The number of nitrogens with zero attached hydrogens (tertiary/aromatic N) is 2. The maximum atomic E-state index is 12.8. The fraction of sp³-hybridized carbons (Fsp3) is 0.786. The molecule has 0 radical (unpaired) electrons. The van der Waals surface area contributed by atoms with Crippen LogP contribution in [-0.4, -0.2) is 62.9 Å². The molecule has 1 aliphatic carbocycles. The Morgan fingerprint density at radius 1 is 1.38 bits per heavy atom. The molecule has 3 rings (SSSR count). The molecule has 3 aliphatic rings. The molecule has 6 nitrogen and oxygen atoms in total. The van der Waals surface area contributed by atoms with Crippen LogP contribution in [-0.2, 0) is 14.4 Å². The lowest BCUT2D eigenvalue weighted by Gasteiger charge is -2.29. The van der Waals surface area contributed by atoms with Crippen LogP contribution in [0.3, 0.4) is 0 Å². The third kappa shape index (κ3) is 2.63. The van der Waals surface area contributed by atoms with Gasteiger partial charge in [0.1, 0.15) is 6.04 Å². The minimum atomic E-state index is -0.935. The average molecular weight is 312 g/mol. The monoisotopic (exact) mass is 312 g/mol. The Kier molecular flexibility index (Phi) is 3.86. The van der Waals surface area contributed by atoms with Crippen LogP contribution in [0.2, 0.25) is 0 Å². The quantitative estimate of drug-likeness (QED) is 0.823. The molecule has 0 aromatic carbocycles. The standard InChI is InChI=1S/C14H20N2O4S/c1-2-15-6-9(5-11(15)17)12(18)16-10(14(19)20)7-21-13(16)8-3-4-8/h8-10,13H,2-7H2,1H3,(H,19,20). The summed E-state index contributed by atoms with van der Waals surface area (Å²) < 4.78 is 0. The van der Waals surface area contributed by atoms with E-state index in [-0.39, 0.29) is 29.5 Å². The van der Waals surface area contributed by atoms with Gasteiger partial charge in [-0.2, -0.15) is 0 Å². The lowest BCUT2D eigenvalue weighted by molar-refractivity contribution is -0.151. The van der Waals surface area contributed by atoms with Crippen molar-refractivity contribution in [2.45, 2.75) is 37.6 Å². The fourth-order valence-corrected chi connectivity index (χ4v) is 4.83. The summed E-state index contributed by atoms with van der Waals surface area (Å²) in [7, 11) is 0. The first-order chi connectivity index (χ1) is 10.0. The predicted molar refractivity (Wildman–Crippen MR) is 77.6 cm³/mol. The Morgan fingerprint density at radius 2 is 2.10 bits per heavy atom. The SMILES string of the molecule is CCN1CC(C(=O)N2C(C(=O)O)CSC2C2CC2)CC1=O. The molecule has 116 valence electrons. The summed E-state index contributed by atoms with van der Waals surface area (Å²) in [5.41, 5.74) is 0. The molecule has 2 aliphatic heterocycles. The third-order valence-corrected chi connectivity index (χ3v) is 6.01. The lowest BCUT2D eigenvalue weighted by Crippen LogP contribution is -2.49. The first-order valence-corrected chi connectivity index (χ1v) is 8.52. The van der Waals surface area contributed by atoms with Gasteiger partial charge in [-0.3, -0.25) is 9.59 Å². The van der Waals surface area contributed by atoms with E-state index in [2.05, 4.69) is 0 Å². The Morgan fingerprint density at radius 3 is 2.62 bits per heavy atom. The normalized spacial score (nSPS) is 32.8. The van der Waals surface area contributed by atoms with Crippen molar-refractivity contribution >= 4 is 29.5 Å². The molecule has 3 unspecified atom stereocenters. The summed E-state index contributed by atoms with van der Waals surface area (Å²) in [5.74, 6) is -0.566. The summed E-state index contributed by atoms with van der Waals surface area (Å²) in [6.45, 7) is 2.92. The van der Waals surface area contributed by atoms with Gasteiger partial charge >= 0.3 is 5.97 Å². The molecule has 0 aromatic rings. The molecule has 7 heteroatoms. The van der Waals surface area contributed by atoms with E-state index >= 15 is 0 Å². The molecule has 0 aromatic heterocycles. The van der Waals surface area contributed by atoms with Crippen LogP contribution in [0.4, 0.5) is 0 Å². The highest BCUT2D eigenvalue weighted by Gasteiger charge is 2.50. The van der Waals surface area contributed by atoms with Gasteiger partial charge in [0.25, 0.3) is 0 Å². The number of carbonyl (C=O) groups is 3. The van der Waals surface area contributed by atoms with Crippen LogP contribution in [0, 0.1) is 11.8 Å². The highest BCUT2D eigenvalue weighted by Crippen LogP contribution is 2.46. The number of amides is 2. The Bertz CT molecular complexity index is 480. The van der Waals surface area contributed by atoms with Gasteiger partial charge < -0.3 is 14.9 Å². The van der Waals surface area contributed by atoms with Crippen molar-refractivity contribution in [1.82, 2.24) is 9.80 Å². The van der Waals surface area contributed by atoms with E-state index in [1.165, 1.54) is 0 Å². The highest BCUT2D eigenvalue weighted by molar-refractivity contribution is 8.00. The van der Waals surface area contributed by atoms with Crippen molar-refractivity contribution < 1.29 is 19.5 Å². The molecule has 3 fully saturated rings. The van der Waals surface area contributed by atoms with Crippen LogP contribution >= 0.6 is 11.8 Å². The molecule has 21 heavy (non-hydrogen) atoms. The van der Waals surface area contributed by atoms with E-state index in [0.29, 0.717) is 24.8 Å². The largest absolute Gasteiger partial charge is 0.480 e. The number of carboxylic acid groups (broad SMARTS) is 1. The Labute approximate surface area is 127 Å². The minimum absolute atomic E-state index is 0.00227. The second-order valence-corrected chi connectivity index (χ2v) is 7.14. The molecular weight excluding hydrogens is 292 g/mol. The zero-order chi connectivity index (χ0) is 15.1. The smallest absolute Gasteiger partial charge is 0.327 e. The van der Waals surface area contributed by atoms with E-state index in [4.69, 9.17) is 0 Å². The van der Waals surface area contributed by atoms with Gasteiger partial charge in [-0.1, -0.05) is 0 Å². The van der Waals surface area contributed by atoms with Crippen molar-refractivity contribution in [3.63, 3.8) is 0 Å². The third-order valence-electron chi connectivity index (χ3n) is 4.55. The van der Waals surface area contributed by atoms with Crippen molar-refractivity contribution in [3.05, 3.63) is 0 Å². The second-order valence-electron chi connectivity index (χ2n) is 5.99. The predicted octanol–water partition coefficient (Wildman–Crippen LogP) is 0.620. The van der Waals surface area contributed by atoms with E-state index in [1.54, 1.807) is 21.6 Å². The average Bonchev–Trinajstić information content (AvgIpc) is 3.08. The van der Waals surface area contributed by atoms with Crippen molar-refractivity contribution in [3.8, 4) is 0 Å². The summed E-state index contributed by atoms with van der Waals surface area (Å²) in [5, 5.41) is 9.35. The second kappa shape index (κ2) is 5.51. The molecule has 2 amide bonds. The number of thioether (sulfide) groups is 1. The zero-order valence-corrected chi connectivity index (χ0v) is 12.8. The van der Waals surface area contributed by atoms with Crippen LogP contribution in [0.5, 0.6) is 0 Å². The molecule has 1 N–H and O–H groups in total. The van der Waals surface area contributed by atoms with Gasteiger partial charge in [-0.05, 0) is 25.7 Å². The fourth-order valence-electron chi connectivity index (χ4n) is 3.20. The van der Waals surface area contributed by atoms with Crippen LogP contribution in [0.1, 0.15) is 26.2 Å². The first-order valence-electron chi connectivity index (χ1n) is 7.47. The van der Waals surface area contributed by atoms with Gasteiger partial charge in [0.2, 0.25) is 11.8 Å². The Hall–Kier alpha value is -1.24. The van der Waals surface area contributed by atoms with Crippen molar-refractivity contribution in [2.24, 2.45) is 11.8 Å². The number of likely N-dealkylation sites (tertiary alicyclic amines) is 1. The maximum Gasteiger partial charge on any atom is 0.327 e. The summed E-state index contributed by atoms with van der Waals surface area (Å²) >= 11 is 1.58. The summed E-state index contributed by atoms with van der Waals surface area (Å²) in [6, 6.07) is -0.737. The number of hydrogen-bond acceptors (Lipinski definition) is 4. The maximum absolute atomic E-state index is 12.8. The minimum Gasteiger partial charge on any atom is -0.480 e. The molecular formula is C14H20N2O4S. The highest BCUT2D eigenvalue weighted by atomic mass is 32.2. The van der Waals surface area contributed by atoms with Gasteiger partial charge in [-0.15, -0.1) is 11.8 Å². The van der Waals surface area contributed by atoms with Crippen LogP contribution < -0.4 is 0 Å². The van der Waals surface area contributed by atoms with E-state index in [0.717, 1.165) is 12.8 Å². The summed E-state index contributed by atoms with van der Waals surface area (Å²) in [6.07, 6.45) is 2.36. The van der Waals surface area contributed by atoms with Crippen molar-refractivity contribution in [1.29, 1.82) is 0 Å². The number of carbonyl (C=O) groups excluding carboxylic acids is 2. The number of aliphatic carboxylic acids is 1. The van der Waals surface area contributed by atoms with E-state index < -0.39 is 12.0 Å². The summed E-state index contributed by atoms with van der Waals surface area (Å²) in [4.78, 5) is 39.3.